The summed E-state index contributed by atoms with van der Waals surface area (Å²) in [5.41, 5.74) is 3.04. The van der Waals surface area contributed by atoms with E-state index in [0.29, 0.717) is 12.2 Å². The van der Waals surface area contributed by atoms with E-state index in [4.69, 9.17) is 0 Å². The van der Waals surface area contributed by atoms with Crippen molar-refractivity contribution in [3.8, 4) is 5.69 Å². The number of para-hydroxylation sites is 1. The number of piperazine rings is 1. The molecule has 1 aliphatic rings. The second-order valence-electron chi connectivity index (χ2n) is 8.32. The molecule has 0 bridgehead atoms. The third-order valence-corrected chi connectivity index (χ3v) is 6.19. The zero-order valence-corrected chi connectivity index (χ0v) is 18.2. The van der Waals surface area contributed by atoms with Gasteiger partial charge in [-0.3, -0.25) is 14.3 Å². The molecule has 0 radical (unpaired) electrons. The average molecular weight is 422 g/mol. The Labute approximate surface area is 182 Å². The van der Waals surface area contributed by atoms with Gasteiger partial charge in [0.25, 0.3) is 11.5 Å². The molecule has 4 rings (SSSR count). The molecule has 0 saturated carbocycles. The van der Waals surface area contributed by atoms with Gasteiger partial charge >= 0.3 is 0 Å². The second kappa shape index (κ2) is 9.32. The maximum absolute atomic E-state index is 13.0. The van der Waals surface area contributed by atoms with Crippen molar-refractivity contribution in [2.75, 3.05) is 38.0 Å². The molecule has 1 fully saturated rings. The molecule has 162 valence electrons. The van der Waals surface area contributed by atoms with Gasteiger partial charge in [0, 0.05) is 12.6 Å². The van der Waals surface area contributed by atoms with E-state index in [9.17, 15) is 9.59 Å². The topological polar surface area (TPSA) is 64.9 Å². The van der Waals surface area contributed by atoms with Crippen molar-refractivity contribution in [2.24, 2.45) is 7.05 Å². The molecule has 3 aromatic rings. The monoisotopic (exact) mass is 421 g/mol. The quantitative estimate of drug-likeness (QED) is 0.498. The van der Waals surface area contributed by atoms with Gasteiger partial charge in [0.1, 0.15) is 38.4 Å². The first-order valence-electron chi connectivity index (χ1n) is 10.9. The number of hydrogen-bond donors (Lipinski definition) is 3. The molecule has 0 spiro atoms. The first-order chi connectivity index (χ1) is 15.0. The largest absolute Gasteiger partial charge is 0.322 e. The molecule has 0 atom stereocenters. The van der Waals surface area contributed by atoms with Crippen LogP contribution in [0.3, 0.4) is 0 Å². The van der Waals surface area contributed by atoms with Crippen LogP contribution < -0.4 is 20.7 Å². The van der Waals surface area contributed by atoms with Crippen LogP contribution in [0, 0.1) is 6.92 Å². The van der Waals surface area contributed by atoms with Crippen molar-refractivity contribution < 1.29 is 14.6 Å². The Balaban J connectivity index is 1.35. The minimum Gasteiger partial charge on any atom is -0.322 e. The summed E-state index contributed by atoms with van der Waals surface area (Å²) in [6, 6.07) is 20.0. The first-order valence-corrected chi connectivity index (χ1v) is 10.9. The lowest BCUT2D eigenvalue weighted by Gasteiger charge is -2.29. The van der Waals surface area contributed by atoms with Gasteiger partial charge in [-0.25, -0.2) is 4.68 Å². The number of anilines is 1. The van der Waals surface area contributed by atoms with Gasteiger partial charge in [0.15, 0.2) is 6.54 Å². The predicted octanol–water partition coefficient (Wildman–Crippen LogP) is -0.593. The molecule has 7 nitrogen and oxygen atoms in total. The lowest BCUT2D eigenvalue weighted by molar-refractivity contribution is -1.02. The van der Waals surface area contributed by atoms with Crippen LogP contribution in [-0.4, -0.2) is 48.0 Å². The summed E-state index contributed by atoms with van der Waals surface area (Å²) in [5.74, 6) is -0.104. The van der Waals surface area contributed by atoms with E-state index < -0.39 is 0 Å². The van der Waals surface area contributed by atoms with E-state index in [1.807, 2.05) is 50.4 Å². The van der Waals surface area contributed by atoms with Gasteiger partial charge in [-0.15, -0.1) is 0 Å². The van der Waals surface area contributed by atoms with Crippen LogP contribution in [0.2, 0.25) is 0 Å². The van der Waals surface area contributed by atoms with Gasteiger partial charge in [-0.1, -0.05) is 48.5 Å². The highest BCUT2D eigenvalue weighted by Gasteiger charge is 2.26. The number of quaternary nitrogens is 2. The predicted molar refractivity (Wildman–Crippen MR) is 121 cm³/mol. The van der Waals surface area contributed by atoms with Crippen LogP contribution >= 0.6 is 0 Å². The standard InChI is InChI=1S/C24H29N5O2/c1-19-23(24(31)29(26(19)2)21-11-7-4-8-12-21)25-22(30)18-28-15-13-27(14-16-28)17-20-9-5-3-6-10-20/h3-12H,13-18H2,1-2H3,(H,25,30)/p+2. The maximum Gasteiger partial charge on any atom is 0.295 e. The SMILES string of the molecule is Cc1c(NC(=O)C[NH+]2CC[NH+](Cc3ccccc3)CC2)c(=O)n(-c2ccccc2)n1C. The van der Waals surface area contributed by atoms with E-state index in [1.54, 1.807) is 14.3 Å². The Bertz CT molecular complexity index is 1080. The number of carbonyl (C=O) groups excluding carboxylic acids is 1. The highest BCUT2D eigenvalue weighted by molar-refractivity contribution is 5.91. The summed E-state index contributed by atoms with van der Waals surface area (Å²) >= 11 is 0. The second-order valence-corrected chi connectivity index (χ2v) is 8.32. The maximum atomic E-state index is 13.0. The molecule has 0 unspecified atom stereocenters. The lowest BCUT2D eigenvalue weighted by Crippen LogP contribution is -3.28. The molecular formula is C24H31N5O2+2. The molecule has 2 aromatic carbocycles. The van der Waals surface area contributed by atoms with Crippen LogP contribution in [0.25, 0.3) is 5.69 Å². The van der Waals surface area contributed by atoms with Gasteiger partial charge in [0.2, 0.25) is 0 Å². The Hall–Kier alpha value is -3.16. The van der Waals surface area contributed by atoms with Gasteiger partial charge in [-0.2, -0.15) is 0 Å². The normalized spacial score (nSPS) is 18.6. The summed E-state index contributed by atoms with van der Waals surface area (Å²) in [6.45, 7) is 7.27. The number of aromatic nitrogens is 2. The van der Waals surface area contributed by atoms with Crippen molar-refractivity contribution in [1.82, 2.24) is 9.36 Å². The highest BCUT2D eigenvalue weighted by atomic mass is 16.2. The van der Waals surface area contributed by atoms with Gasteiger partial charge < -0.3 is 15.1 Å². The molecule has 2 heterocycles. The lowest BCUT2D eigenvalue weighted by atomic mass is 10.2. The number of carbonyl (C=O) groups is 1. The van der Waals surface area contributed by atoms with E-state index in [0.717, 1.165) is 44.1 Å². The Morgan fingerprint density at radius 2 is 1.52 bits per heavy atom. The van der Waals surface area contributed by atoms with Crippen LogP contribution in [-0.2, 0) is 18.4 Å². The third-order valence-electron chi connectivity index (χ3n) is 6.19. The summed E-state index contributed by atoms with van der Waals surface area (Å²) in [5, 5.41) is 2.89. The third kappa shape index (κ3) is 4.78. The fourth-order valence-corrected chi connectivity index (χ4v) is 4.32. The van der Waals surface area contributed by atoms with Crippen LogP contribution in [0.5, 0.6) is 0 Å². The van der Waals surface area contributed by atoms with E-state index in [1.165, 1.54) is 10.5 Å². The van der Waals surface area contributed by atoms with Crippen LogP contribution in [0.15, 0.2) is 65.5 Å². The molecule has 1 saturated heterocycles. The van der Waals surface area contributed by atoms with Crippen molar-refractivity contribution in [3.63, 3.8) is 0 Å². The highest BCUT2D eigenvalue weighted by Crippen LogP contribution is 2.13. The minimum atomic E-state index is -0.202. The summed E-state index contributed by atoms with van der Waals surface area (Å²) in [6.07, 6.45) is 0. The molecule has 3 N–H and O–H groups in total. The van der Waals surface area contributed by atoms with Crippen molar-refractivity contribution >= 4 is 11.6 Å². The Morgan fingerprint density at radius 1 is 0.935 bits per heavy atom. The Kier molecular flexibility index (Phi) is 6.34. The number of nitrogens with one attached hydrogen (secondary N) is 3. The number of amides is 1. The zero-order chi connectivity index (χ0) is 21.8. The fourth-order valence-electron chi connectivity index (χ4n) is 4.32. The molecule has 1 amide bonds. The van der Waals surface area contributed by atoms with E-state index >= 15 is 0 Å². The Morgan fingerprint density at radius 3 is 2.16 bits per heavy atom. The van der Waals surface area contributed by atoms with Gasteiger partial charge in [0.05, 0.1) is 11.4 Å². The molecular weight excluding hydrogens is 390 g/mol. The van der Waals surface area contributed by atoms with Crippen LogP contribution in [0.1, 0.15) is 11.3 Å². The molecule has 1 aromatic heterocycles. The molecule has 7 heteroatoms. The van der Waals surface area contributed by atoms with E-state index in [-0.39, 0.29) is 11.5 Å². The number of rotatable bonds is 6. The first kappa shape index (κ1) is 21.1. The summed E-state index contributed by atoms with van der Waals surface area (Å²) < 4.78 is 3.37. The smallest absolute Gasteiger partial charge is 0.295 e. The molecule has 31 heavy (non-hydrogen) atoms. The minimum absolute atomic E-state index is 0.104. The van der Waals surface area contributed by atoms with E-state index in [2.05, 4.69) is 29.6 Å². The number of benzene rings is 2. The zero-order valence-electron chi connectivity index (χ0n) is 18.2. The van der Waals surface area contributed by atoms with Crippen LogP contribution in [0.4, 0.5) is 5.69 Å². The molecule has 0 aliphatic carbocycles. The number of hydrogen-bond acceptors (Lipinski definition) is 2. The average Bonchev–Trinajstić information content (AvgIpc) is 2.99. The van der Waals surface area contributed by atoms with Crippen molar-refractivity contribution in [3.05, 3.63) is 82.3 Å². The molecule has 1 aliphatic heterocycles. The van der Waals surface area contributed by atoms with Crippen molar-refractivity contribution in [2.45, 2.75) is 13.5 Å². The fraction of sp³-hybridized carbons (Fsp3) is 0.333. The van der Waals surface area contributed by atoms with Gasteiger partial charge in [-0.05, 0) is 19.1 Å². The number of nitrogens with zero attached hydrogens (tertiary/aromatic N) is 2. The summed E-state index contributed by atoms with van der Waals surface area (Å²) in [7, 11) is 1.83. The van der Waals surface area contributed by atoms with Crippen molar-refractivity contribution in [1.29, 1.82) is 0 Å². The summed E-state index contributed by atoms with van der Waals surface area (Å²) in [4.78, 5) is 28.5.